The van der Waals surface area contributed by atoms with Crippen molar-refractivity contribution in [1.82, 2.24) is 0 Å². The largest absolute Gasteiger partial charge is 0.491 e. The SMILES string of the molecule is CC(C)Oc1ccc(N2CCC(N)C2)cc1. The second-order valence-corrected chi connectivity index (χ2v) is 4.66. The molecule has 1 unspecified atom stereocenters. The van der Waals surface area contributed by atoms with Gasteiger partial charge in [0.1, 0.15) is 5.75 Å². The molecule has 0 amide bonds. The van der Waals surface area contributed by atoms with Gasteiger partial charge in [0.25, 0.3) is 0 Å². The van der Waals surface area contributed by atoms with Gasteiger partial charge < -0.3 is 15.4 Å². The summed E-state index contributed by atoms with van der Waals surface area (Å²) in [5, 5.41) is 0. The summed E-state index contributed by atoms with van der Waals surface area (Å²) in [5.41, 5.74) is 7.13. The van der Waals surface area contributed by atoms with Gasteiger partial charge in [0.05, 0.1) is 6.10 Å². The molecule has 1 aromatic carbocycles. The molecule has 1 aliphatic heterocycles. The second-order valence-electron chi connectivity index (χ2n) is 4.66. The van der Waals surface area contributed by atoms with Crippen LogP contribution in [0, 0.1) is 0 Å². The number of ether oxygens (including phenoxy) is 1. The Morgan fingerprint density at radius 2 is 2.00 bits per heavy atom. The first kappa shape index (κ1) is 11.3. The van der Waals surface area contributed by atoms with Crippen molar-refractivity contribution in [1.29, 1.82) is 0 Å². The molecular formula is C13H20N2O. The molecule has 0 radical (unpaired) electrons. The molecule has 1 saturated heterocycles. The van der Waals surface area contributed by atoms with E-state index >= 15 is 0 Å². The average Bonchev–Trinajstić information content (AvgIpc) is 2.65. The molecule has 88 valence electrons. The monoisotopic (exact) mass is 220 g/mol. The number of nitrogens with zero attached hydrogens (tertiary/aromatic N) is 1. The number of nitrogens with two attached hydrogens (primary N) is 1. The Morgan fingerprint density at radius 3 is 2.50 bits per heavy atom. The van der Waals surface area contributed by atoms with E-state index in [0.717, 1.165) is 25.3 Å². The van der Waals surface area contributed by atoms with Crippen molar-refractivity contribution in [3.05, 3.63) is 24.3 Å². The van der Waals surface area contributed by atoms with Gasteiger partial charge in [0.15, 0.2) is 0 Å². The fraction of sp³-hybridized carbons (Fsp3) is 0.538. The molecule has 0 saturated carbocycles. The Hall–Kier alpha value is -1.22. The van der Waals surface area contributed by atoms with E-state index in [-0.39, 0.29) is 6.10 Å². The van der Waals surface area contributed by atoms with Gasteiger partial charge in [-0.2, -0.15) is 0 Å². The lowest BCUT2D eigenvalue weighted by atomic mass is 10.2. The molecule has 0 bridgehead atoms. The number of rotatable bonds is 3. The molecule has 3 nitrogen and oxygen atoms in total. The van der Waals surface area contributed by atoms with Crippen LogP contribution in [0.1, 0.15) is 20.3 Å². The summed E-state index contributed by atoms with van der Waals surface area (Å²) in [6.45, 7) is 6.09. The summed E-state index contributed by atoms with van der Waals surface area (Å²) in [6, 6.07) is 8.59. The van der Waals surface area contributed by atoms with Crippen LogP contribution in [-0.2, 0) is 0 Å². The van der Waals surface area contributed by atoms with Crippen LogP contribution in [0.5, 0.6) is 5.75 Å². The minimum atomic E-state index is 0.228. The van der Waals surface area contributed by atoms with E-state index in [0.29, 0.717) is 6.04 Å². The van der Waals surface area contributed by atoms with Crippen molar-refractivity contribution in [2.75, 3.05) is 18.0 Å². The van der Waals surface area contributed by atoms with Gasteiger partial charge >= 0.3 is 0 Å². The molecule has 0 aromatic heterocycles. The number of anilines is 1. The lowest BCUT2D eigenvalue weighted by Gasteiger charge is -2.18. The highest BCUT2D eigenvalue weighted by Crippen LogP contribution is 2.23. The zero-order valence-electron chi connectivity index (χ0n) is 10.0. The summed E-state index contributed by atoms with van der Waals surface area (Å²) in [4.78, 5) is 2.32. The number of benzene rings is 1. The summed E-state index contributed by atoms with van der Waals surface area (Å²) in [7, 11) is 0. The maximum atomic E-state index is 5.89. The Kier molecular flexibility index (Phi) is 3.34. The van der Waals surface area contributed by atoms with Crippen molar-refractivity contribution < 1.29 is 4.74 Å². The van der Waals surface area contributed by atoms with E-state index in [1.54, 1.807) is 0 Å². The smallest absolute Gasteiger partial charge is 0.119 e. The normalized spacial score (nSPS) is 20.5. The highest BCUT2D eigenvalue weighted by Gasteiger charge is 2.18. The number of hydrogen-bond acceptors (Lipinski definition) is 3. The summed E-state index contributed by atoms with van der Waals surface area (Å²) < 4.78 is 5.61. The van der Waals surface area contributed by atoms with Crippen LogP contribution in [0.4, 0.5) is 5.69 Å². The zero-order chi connectivity index (χ0) is 11.5. The lowest BCUT2D eigenvalue weighted by molar-refractivity contribution is 0.242. The standard InChI is InChI=1S/C13H20N2O/c1-10(2)16-13-5-3-12(4-6-13)15-8-7-11(14)9-15/h3-6,10-11H,7-9,14H2,1-2H3. The molecule has 1 aromatic rings. The van der Waals surface area contributed by atoms with Crippen molar-refractivity contribution in [3.8, 4) is 5.75 Å². The molecule has 3 heteroatoms. The van der Waals surface area contributed by atoms with Gasteiger partial charge in [-0.05, 0) is 44.5 Å². The first-order valence-electron chi connectivity index (χ1n) is 5.92. The fourth-order valence-electron chi connectivity index (χ4n) is 2.03. The molecule has 0 spiro atoms. The van der Waals surface area contributed by atoms with E-state index in [9.17, 15) is 0 Å². The average molecular weight is 220 g/mol. The molecule has 0 aliphatic carbocycles. The van der Waals surface area contributed by atoms with Crippen molar-refractivity contribution in [2.45, 2.75) is 32.4 Å². The molecule has 2 N–H and O–H groups in total. The third kappa shape index (κ3) is 2.67. The van der Waals surface area contributed by atoms with Gasteiger partial charge in [0, 0.05) is 24.8 Å². The molecule has 1 aliphatic rings. The predicted octanol–water partition coefficient (Wildman–Crippen LogP) is 2.01. The first-order valence-corrected chi connectivity index (χ1v) is 5.92. The Labute approximate surface area is 97.2 Å². The van der Waals surface area contributed by atoms with Crippen LogP contribution in [0.3, 0.4) is 0 Å². The molecule has 1 atom stereocenters. The van der Waals surface area contributed by atoms with Gasteiger partial charge in [0.2, 0.25) is 0 Å². The maximum Gasteiger partial charge on any atom is 0.119 e. The van der Waals surface area contributed by atoms with Crippen LogP contribution >= 0.6 is 0 Å². The molecule has 2 rings (SSSR count). The third-order valence-electron chi connectivity index (χ3n) is 2.80. The van der Waals surface area contributed by atoms with E-state index in [2.05, 4.69) is 17.0 Å². The Bertz CT molecular complexity index is 334. The number of hydrogen-bond donors (Lipinski definition) is 1. The first-order chi connectivity index (χ1) is 7.65. The highest BCUT2D eigenvalue weighted by molar-refractivity contribution is 5.50. The van der Waals surface area contributed by atoms with Gasteiger partial charge in [-0.3, -0.25) is 0 Å². The third-order valence-corrected chi connectivity index (χ3v) is 2.80. The molecule has 1 heterocycles. The van der Waals surface area contributed by atoms with E-state index in [1.807, 2.05) is 26.0 Å². The van der Waals surface area contributed by atoms with E-state index in [4.69, 9.17) is 10.5 Å². The van der Waals surface area contributed by atoms with Gasteiger partial charge in [-0.25, -0.2) is 0 Å². The van der Waals surface area contributed by atoms with E-state index in [1.165, 1.54) is 5.69 Å². The van der Waals surface area contributed by atoms with Crippen LogP contribution < -0.4 is 15.4 Å². The topological polar surface area (TPSA) is 38.5 Å². The summed E-state index contributed by atoms with van der Waals surface area (Å²) >= 11 is 0. The van der Waals surface area contributed by atoms with Crippen LogP contribution in [0.25, 0.3) is 0 Å². The molecule has 1 fully saturated rings. The molecule has 16 heavy (non-hydrogen) atoms. The minimum Gasteiger partial charge on any atom is -0.491 e. The molecular weight excluding hydrogens is 200 g/mol. The van der Waals surface area contributed by atoms with E-state index < -0.39 is 0 Å². The lowest BCUT2D eigenvalue weighted by Crippen LogP contribution is -2.26. The maximum absolute atomic E-state index is 5.89. The fourth-order valence-corrected chi connectivity index (χ4v) is 2.03. The van der Waals surface area contributed by atoms with Crippen molar-refractivity contribution >= 4 is 5.69 Å². The Morgan fingerprint density at radius 1 is 1.31 bits per heavy atom. The van der Waals surface area contributed by atoms with Crippen LogP contribution in [-0.4, -0.2) is 25.2 Å². The van der Waals surface area contributed by atoms with Crippen molar-refractivity contribution in [3.63, 3.8) is 0 Å². The minimum absolute atomic E-state index is 0.228. The van der Waals surface area contributed by atoms with Crippen LogP contribution in [0.2, 0.25) is 0 Å². The van der Waals surface area contributed by atoms with Gasteiger partial charge in [-0.1, -0.05) is 0 Å². The van der Waals surface area contributed by atoms with Gasteiger partial charge in [-0.15, -0.1) is 0 Å². The van der Waals surface area contributed by atoms with Crippen LogP contribution in [0.15, 0.2) is 24.3 Å². The van der Waals surface area contributed by atoms with Crippen molar-refractivity contribution in [2.24, 2.45) is 5.73 Å². The Balaban J connectivity index is 2.02. The highest BCUT2D eigenvalue weighted by atomic mass is 16.5. The second kappa shape index (κ2) is 4.74. The quantitative estimate of drug-likeness (QED) is 0.847. The predicted molar refractivity (Wildman–Crippen MR) is 67.0 cm³/mol. The zero-order valence-corrected chi connectivity index (χ0v) is 10.0. The summed E-state index contributed by atoms with van der Waals surface area (Å²) in [5.74, 6) is 0.933. The summed E-state index contributed by atoms with van der Waals surface area (Å²) in [6.07, 6.45) is 1.32.